The first-order valence-electron chi connectivity index (χ1n) is 8.60. The van der Waals surface area contributed by atoms with Gasteiger partial charge in [0, 0.05) is 24.2 Å². The van der Waals surface area contributed by atoms with E-state index < -0.39 is 22.9 Å². The summed E-state index contributed by atoms with van der Waals surface area (Å²) in [4.78, 5) is 34.7. The number of nitro groups is 1. The highest BCUT2D eigenvalue weighted by molar-refractivity contribution is 5.97. The number of fused-ring (bicyclic) bond motifs is 1. The number of hydrogen-bond acceptors (Lipinski definition) is 7. The summed E-state index contributed by atoms with van der Waals surface area (Å²) in [5.74, 6) is -0.230. The van der Waals surface area contributed by atoms with Gasteiger partial charge < -0.3 is 19.5 Å². The van der Waals surface area contributed by atoms with Crippen LogP contribution >= 0.6 is 0 Å². The zero-order valence-electron chi connectivity index (χ0n) is 15.0. The van der Waals surface area contributed by atoms with Crippen LogP contribution in [0.3, 0.4) is 0 Å². The van der Waals surface area contributed by atoms with Crippen molar-refractivity contribution in [2.45, 2.75) is 19.4 Å². The number of benzene rings is 2. The van der Waals surface area contributed by atoms with E-state index in [4.69, 9.17) is 14.2 Å². The first-order chi connectivity index (χ1) is 13.4. The minimum atomic E-state index is -1.07. The lowest BCUT2D eigenvalue weighted by molar-refractivity contribution is -0.384. The zero-order valence-corrected chi connectivity index (χ0v) is 15.0. The maximum absolute atomic E-state index is 12.3. The molecule has 9 nitrogen and oxygen atoms in total. The summed E-state index contributed by atoms with van der Waals surface area (Å²) in [6.07, 6.45) is -0.326. The van der Waals surface area contributed by atoms with Crippen molar-refractivity contribution in [2.75, 3.05) is 18.5 Å². The van der Waals surface area contributed by atoms with Crippen LogP contribution in [0, 0.1) is 10.1 Å². The lowest BCUT2D eigenvalue weighted by Crippen LogP contribution is -2.30. The molecule has 0 bridgehead atoms. The van der Waals surface area contributed by atoms with Crippen LogP contribution in [0.1, 0.15) is 23.7 Å². The number of rotatable bonds is 5. The molecule has 0 fully saturated rings. The standard InChI is InChI=1S/C19H18N2O7/c1-12(18(22)20-14-4-6-15(7-5-14)21(24)25)28-19(23)13-3-8-16-17(11-13)27-10-2-9-26-16/h3-8,11-12H,2,9-10H2,1H3,(H,20,22). The average molecular weight is 386 g/mol. The van der Waals surface area contributed by atoms with Gasteiger partial charge in [0.05, 0.1) is 23.7 Å². The van der Waals surface area contributed by atoms with Gasteiger partial charge in [0.15, 0.2) is 17.6 Å². The Morgan fingerprint density at radius 1 is 1.11 bits per heavy atom. The Morgan fingerprint density at radius 2 is 1.79 bits per heavy atom. The molecule has 3 rings (SSSR count). The highest BCUT2D eigenvalue weighted by Crippen LogP contribution is 2.30. The molecule has 1 aliphatic rings. The van der Waals surface area contributed by atoms with Crippen molar-refractivity contribution in [1.29, 1.82) is 0 Å². The Morgan fingerprint density at radius 3 is 2.46 bits per heavy atom. The fraction of sp³-hybridized carbons (Fsp3) is 0.263. The largest absolute Gasteiger partial charge is 0.490 e. The third-order valence-corrected chi connectivity index (χ3v) is 3.98. The molecular formula is C19H18N2O7. The van der Waals surface area contributed by atoms with Gasteiger partial charge >= 0.3 is 5.97 Å². The van der Waals surface area contributed by atoms with Gasteiger partial charge in [-0.3, -0.25) is 14.9 Å². The number of esters is 1. The van der Waals surface area contributed by atoms with Crippen LogP contribution in [0.25, 0.3) is 0 Å². The molecule has 1 heterocycles. The molecular weight excluding hydrogens is 368 g/mol. The maximum Gasteiger partial charge on any atom is 0.339 e. The molecule has 1 N–H and O–H groups in total. The normalized spacial score (nSPS) is 13.8. The van der Waals surface area contributed by atoms with Gasteiger partial charge in [-0.2, -0.15) is 0 Å². The topological polar surface area (TPSA) is 117 Å². The number of nitrogens with zero attached hydrogens (tertiary/aromatic N) is 1. The Labute approximate surface area is 160 Å². The van der Waals surface area contributed by atoms with E-state index in [1.807, 2.05) is 0 Å². The predicted octanol–water partition coefficient (Wildman–Crippen LogP) is 2.94. The molecule has 1 atom stereocenters. The predicted molar refractivity (Wildman–Crippen MR) is 98.7 cm³/mol. The molecule has 0 aromatic heterocycles. The number of hydrogen-bond donors (Lipinski definition) is 1. The zero-order chi connectivity index (χ0) is 20.1. The second kappa shape index (κ2) is 8.38. The average Bonchev–Trinajstić information content (AvgIpc) is 2.93. The van der Waals surface area contributed by atoms with Crippen LogP contribution < -0.4 is 14.8 Å². The first kappa shape index (κ1) is 19.2. The van der Waals surface area contributed by atoms with Gasteiger partial charge in [0.2, 0.25) is 0 Å². The molecule has 0 saturated carbocycles. The molecule has 0 aliphatic carbocycles. The van der Waals surface area contributed by atoms with Crippen LogP contribution in [0.5, 0.6) is 11.5 Å². The molecule has 2 aromatic carbocycles. The van der Waals surface area contributed by atoms with Gasteiger partial charge in [0.1, 0.15) is 0 Å². The summed E-state index contributed by atoms with van der Waals surface area (Å²) >= 11 is 0. The van der Waals surface area contributed by atoms with Crippen molar-refractivity contribution in [3.05, 3.63) is 58.1 Å². The number of nitro benzene ring substituents is 1. The van der Waals surface area contributed by atoms with Crippen molar-refractivity contribution in [3.63, 3.8) is 0 Å². The molecule has 28 heavy (non-hydrogen) atoms. The first-order valence-corrected chi connectivity index (χ1v) is 8.60. The van der Waals surface area contributed by atoms with Crippen LogP contribution in [-0.4, -0.2) is 36.1 Å². The van der Waals surface area contributed by atoms with E-state index in [0.717, 1.165) is 6.42 Å². The van der Waals surface area contributed by atoms with E-state index in [2.05, 4.69) is 5.32 Å². The Bertz CT molecular complexity index is 896. The lowest BCUT2D eigenvalue weighted by atomic mass is 10.2. The van der Waals surface area contributed by atoms with Crippen LogP contribution in [0.4, 0.5) is 11.4 Å². The third kappa shape index (κ3) is 4.56. The Hall–Kier alpha value is -3.62. The number of ether oxygens (including phenoxy) is 3. The highest BCUT2D eigenvalue weighted by atomic mass is 16.6. The van der Waals surface area contributed by atoms with E-state index in [-0.39, 0.29) is 11.3 Å². The van der Waals surface area contributed by atoms with Crippen LogP contribution in [-0.2, 0) is 9.53 Å². The Kier molecular flexibility index (Phi) is 5.73. The van der Waals surface area contributed by atoms with Gasteiger partial charge in [0.25, 0.3) is 11.6 Å². The van der Waals surface area contributed by atoms with Crippen molar-refractivity contribution in [3.8, 4) is 11.5 Å². The minimum absolute atomic E-state index is 0.0908. The molecule has 0 radical (unpaired) electrons. The van der Waals surface area contributed by atoms with Crippen LogP contribution in [0.15, 0.2) is 42.5 Å². The number of nitrogens with one attached hydrogen (secondary N) is 1. The summed E-state index contributed by atoms with van der Waals surface area (Å²) in [5, 5.41) is 13.2. The number of non-ortho nitro benzene ring substituents is 1. The molecule has 0 spiro atoms. The van der Waals surface area contributed by atoms with E-state index in [1.54, 1.807) is 6.07 Å². The summed E-state index contributed by atoms with van der Waals surface area (Å²) in [6, 6.07) is 10.0. The van der Waals surface area contributed by atoms with E-state index in [9.17, 15) is 19.7 Å². The monoisotopic (exact) mass is 386 g/mol. The third-order valence-electron chi connectivity index (χ3n) is 3.98. The lowest BCUT2D eigenvalue weighted by Gasteiger charge is -2.14. The summed E-state index contributed by atoms with van der Waals surface area (Å²) in [7, 11) is 0. The number of carbonyl (C=O) groups is 2. The van der Waals surface area contributed by atoms with Crippen molar-refractivity contribution in [1.82, 2.24) is 0 Å². The molecule has 146 valence electrons. The van der Waals surface area contributed by atoms with Gasteiger partial charge in [-0.25, -0.2) is 4.79 Å². The van der Waals surface area contributed by atoms with E-state index >= 15 is 0 Å². The molecule has 0 saturated heterocycles. The van der Waals surface area contributed by atoms with Crippen molar-refractivity contribution < 1.29 is 28.7 Å². The second-order valence-corrected chi connectivity index (χ2v) is 6.05. The smallest absolute Gasteiger partial charge is 0.339 e. The second-order valence-electron chi connectivity index (χ2n) is 6.05. The van der Waals surface area contributed by atoms with E-state index in [0.29, 0.717) is 30.4 Å². The summed E-state index contributed by atoms with van der Waals surface area (Å²) in [6.45, 7) is 2.46. The quantitative estimate of drug-likeness (QED) is 0.477. The number of carbonyl (C=O) groups excluding carboxylic acids is 2. The fourth-order valence-corrected chi connectivity index (χ4v) is 2.48. The van der Waals surface area contributed by atoms with Crippen LogP contribution in [0.2, 0.25) is 0 Å². The van der Waals surface area contributed by atoms with Gasteiger partial charge in [-0.1, -0.05) is 0 Å². The summed E-state index contributed by atoms with van der Waals surface area (Å²) < 4.78 is 16.2. The van der Waals surface area contributed by atoms with E-state index in [1.165, 1.54) is 43.3 Å². The Balaban J connectivity index is 1.61. The molecule has 1 amide bonds. The SMILES string of the molecule is CC(OC(=O)c1ccc2c(c1)OCCCO2)C(=O)Nc1ccc([N+](=O)[O-])cc1. The van der Waals surface area contributed by atoms with Gasteiger partial charge in [-0.05, 0) is 37.3 Å². The molecule has 2 aromatic rings. The van der Waals surface area contributed by atoms with Crippen molar-refractivity contribution in [2.24, 2.45) is 0 Å². The molecule has 1 aliphatic heterocycles. The summed E-state index contributed by atoms with van der Waals surface area (Å²) in [5.41, 5.74) is 0.500. The number of amides is 1. The number of anilines is 1. The fourth-order valence-electron chi connectivity index (χ4n) is 2.48. The maximum atomic E-state index is 12.3. The van der Waals surface area contributed by atoms with Crippen molar-refractivity contribution >= 4 is 23.3 Å². The molecule has 1 unspecified atom stereocenters. The van der Waals surface area contributed by atoms with Gasteiger partial charge in [-0.15, -0.1) is 0 Å². The highest BCUT2D eigenvalue weighted by Gasteiger charge is 2.21. The minimum Gasteiger partial charge on any atom is -0.490 e. The molecule has 9 heteroatoms.